The fourth-order valence-corrected chi connectivity index (χ4v) is 8.44. The maximum atomic E-state index is 10.4. The Labute approximate surface area is 321 Å². The van der Waals surface area contributed by atoms with Crippen molar-refractivity contribution >= 4 is 27.5 Å². The van der Waals surface area contributed by atoms with E-state index in [-0.39, 0.29) is 6.61 Å². The molecule has 0 bridgehead atoms. The number of halogens is 2. The number of aliphatic hydroxyl groups is 1. The highest BCUT2D eigenvalue weighted by molar-refractivity contribution is 9.10. The van der Waals surface area contributed by atoms with Crippen molar-refractivity contribution in [1.29, 1.82) is 0 Å². The maximum absolute atomic E-state index is 10.4. The molecule has 2 aliphatic rings. The van der Waals surface area contributed by atoms with Crippen molar-refractivity contribution in [3.8, 4) is 33.6 Å². The van der Waals surface area contributed by atoms with Gasteiger partial charge >= 0.3 is 0 Å². The van der Waals surface area contributed by atoms with E-state index in [9.17, 15) is 5.11 Å². The Hall–Kier alpha value is -5.35. The molecule has 0 unspecified atom stereocenters. The van der Waals surface area contributed by atoms with Crippen molar-refractivity contribution in [1.82, 2.24) is 29.8 Å². The van der Waals surface area contributed by atoms with Crippen molar-refractivity contribution in [2.24, 2.45) is 0 Å². The maximum Gasteiger partial charge on any atom is 0.205 e. The number of hydrogen-bond acceptors (Lipinski definition) is 6. The fraction of sp³-hybridized carbons (Fsp3) is 0.163. The molecule has 0 radical (unpaired) electrons. The van der Waals surface area contributed by atoms with E-state index in [0.717, 1.165) is 79.6 Å². The van der Waals surface area contributed by atoms with Crippen LogP contribution in [0.3, 0.4) is 0 Å². The SMILES string of the molecule is CCCCc1nc(Cl)c(CO)n1Cc1c2ccocc-2c(Br)c1-c1ccccc1-c1nnn(C(c2ccccc2)(c2ccccc2)c2ccccc2)n1. The zero-order chi connectivity index (χ0) is 36.4. The summed E-state index contributed by atoms with van der Waals surface area (Å²) in [6.45, 7) is 2.36. The Morgan fingerprint density at radius 3 is 1.98 bits per heavy atom. The highest BCUT2D eigenvalue weighted by atomic mass is 79.9. The second-order valence-electron chi connectivity index (χ2n) is 12.9. The monoisotopic (exact) mass is 782 g/mol. The van der Waals surface area contributed by atoms with Crippen molar-refractivity contribution in [2.75, 3.05) is 0 Å². The largest absolute Gasteiger partial charge is 0.472 e. The number of hydrogen-bond donors (Lipinski definition) is 1. The molecule has 2 aromatic heterocycles. The van der Waals surface area contributed by atoms with E-state index in [1.807, 2.05) is 78.9 Å². The van der Waals surface area contributed by atoms with E-state index in [4.69, 9.17) is 31.4 Å². The van der Waals surface area contributed by atoms with Crippen LogP contribution in [0.1, 0.15) is 53.5 Å². The van der Waals surface area contributed by atoms with Gasteiger partial charge in [0.05, 0.1) is 31.4 Å². The van der Waals surface area contributed by atoms with E-state index in [1.165, 1.54) is 0 Å². The summed E-state index contributed by atoms with van der Waals surface area (Å²) in [7, 11) is 0. The van der Waals surface area contributed by atoms with Crippen molar-refractivity contribution in [2.45, 2.75) is 44.9 Å². The summed E-state index contributed by atoms with van der Waals surface area (Å²) in [6.07, 6.45) is 6.15. The van der Waals surface area contributed by atoms with E-state index >= 15 is 0 Å². The first-order valence-electron chi connectivity index (χ1n) is 17.6. The molecule has 10 heteroatoms. The molecule has 0 saturated heterocycles. The number of aromatic nitrogens is 6. The molecular formula is C43H36BrClN6O2. The second kappa shape index (κ2) is 14.9. The van der Waals surface area contributed by atoms with Gasteiger partial charge in [0.15, 0.2) is 10.7 Å². The molecule has 8 rings (SSSR count). The van der Waals surface area contributed by atoms with Crippen molar-refractivity contribution in [3.63, 3.8) is 0 Å². The summed E-state index contributed by atoms with van der Waals surface area (Å²) >= 11 is 10.6. The van der Waals surface area contributed by atoms with Gasteiger partial charge in [-0.15, -0.1) is 15.0 Å². The minimum Gasteiger partial charge on any atom is -0.472 e. The van der Waals surface area contributed by atoms with Gasteiger partial charge in [-0.2, -0.15) is 0 Å². The summed E-state index contributed by atoms with van der Waals surface area (Å²) in [5, 5.41) is 25.6. The molecule has 1 aliphatic heterocycles. The number of aryl methyl sites for hydroxylation is 1. The van der Waals surface area contributed by atoms with Gasteiger partial charge < -0.3 is 14.1 Å². The smallest absolute Gasteiger partial charge is 0.205 e. The molecule has 264 valence electrons. The van der Waals surface area contributed by atoms with Crippen LogP contribution in [0.25, 0.3) is 33.6 Å². The summed E-state index contributed by atoms with van der Waals surface area (Å²) in [5.41, 5.74) is 8.34. The predicted octanol–water partition coefficient (Wildman–Crippen LogP) is 10.0. The number of rotatable bonds is 12. The second-order valence-corrected chi connectivity index (χ2v) is 14.1. The van der Waals surface area contributed by atoms with Gasteiger partial charge in [0.25, 0.3) is 0 Å². The summed E-state index contributed by atoms with van der Waals surface area (Å²) in [5.74, 6) is 1.32. The average molecular weight is 784 g/mol. The topological polar surface area (TPSA) is 94.8 Å². The Balaban J connectivity index is 1.33. The number of unbranched alkanes of at least 4 members (excludes halogenated alkanes) is 1. The first-order valence-corrected chi connectivity index (χ1v) is 18.8. The van der Waals surface area contributed by atoms with Gasteiger partial charge in [0, 0.05) is 27.6 Å². The third-order valence-corrected chi connectivity index (χ3v) is 11.0. The van der Waals surface area contributed by atoms with Crippen LogP contribution in [0, 0.1) is 0 Å². The van der Waals surface area contributed by atoms with Crippen LogP contribution in [0.4, 0.5) is 0 Å². The van der Waals surface area contributed by atoms with Crippen LogP contribution in [0.15, 0.2) is 143 Å². The van der Waals surface area contributed by atoms with E-state index in [1.54, 1.807) is 17.3 Å². The first kappa shape index (κ1) is 34.7. The highest BCUT2D eigenvalue weighted by Crippen LogP contribution is 2.49. The molecular weight excluding hydrogens is 748 g/mol. The number of aliphatic hydroxyl groups excluding tert-OH is 1. The summed E-state index contributed by atoms with van der Waals surface area (Å²) in [6, 6.07) is 41.0. The molecule has 0 spiro atoms. The van der Waals surface area contributed by atoms with Crippen LogP contribution in [0.2, 0.25) is 5.15 Å². The normalized spacial score (nSPS) is 11.8. The van der Waals surface area contributed by atoms with E-state index < -0.39 is 5.54 Å². The van der Waals surface area contributed by atoms with Crippen molar-refractivity contribution < 1.29 is 9.52 Å². The van der Waals surface area contributed by atoms with Crippen LogP contribution >= 0.6 is 27.5 Å². The molecule has 53 heavy (non-hydrogen) atoms. The first-order chi connectivity index (χ1) is 26.1. The zero-order valence-electron chi connectivity index (χ0n) is 29.0. The third kappa shape index (κ3) is 6.08. The van der Waals surface area contributed by atoms with Crippen LogP contribution in [0.5, 0.6) is 0 Å². The molecule has 1 N–H and O–H groups in total. The van der Waals surface area contributed by atoms with Gasteiger partial charge in [-0.25, -0.2) is 4.98 Å². The lowest BCUT2D eigenvalue weighted by Gasteiger charge is -2.34. The molecule has 8 nitrogen and oxygen atoms in total. The quantitative estimate of drug-likeness (QED) is 0.124. The van der Waals surface area contributed by atoms with Gasteiger partial charge in [0.2, 0.25) is 5.82 Å². The Morgan fingerprint density at radius 1 is 0.774 bits per heavy atom. The average Bonchev–Trinajstić information content (AvgIpc) is 3.90. The Bertz CT molecular complexity index is 2350. The Kier molecular flexibility index (Phi) is 9.79. The minimum atomic E-state index is -0.914. The van der Waals surface area contributed by atoms with E-state index in [0.29, 0.717) is 23.2 Å². The lowest BCUT2D eigenvalue weighted by Crippen LogP contribution is -2.39. The molecule has 0 saturated carbocycles. The third-order valence-electron chi connectivity index (χ3n) is 9.92. The predicted molar refractivity (Wildman–Crippen MR) is 211 cm³/mol. The van der Waals surface area contributed by atoms with Crippen LogP contribution < -0.4 is 0 Å². The molecule has 0 fully saturated rings. The van der Waals surface area contributed by atoms with Crippen LogP contribution in [-0.4, -0.2) is 34.9 Å². The van der Waals surface area contributed by atoms with Crippen molar-refractivity contribution in [3.05, 3.63) is 177 Å². The zero-order valence-corrected chi connectivity index (χ0v) is 31.4. The molecule has 6 aromatic rings. The van der Waals surface area contributed by atoms with Gasteiger partial charge in [-0.3, -0.25) is 0 Å². The number of fused-ring (bicyclic) bond motifs is 1. The number of imidazole rings is 1. The Morgan fingerprint density at radius 2 is 1.38 bits per heavy atom. The van der Waals surface area contributed by atoms with Gasteiger partial charge in [-0.1, -0.05) is 140 Å². The molecule has 3 heterocycles. The molecule has 0 amide bonds. The molecule has 4 aromatic carbocycles. The van der Waals surface area contributed by atoms with Gasteiger partial charge in [-0.05, 0) is 67.0 Å². The van der Waals surface area contributed by atoms with Crippen LogP contribution in [-0.2, 0) is 25.1 Å². The standard InChI is InChI=1S/C43H36BrClN6O2/c1-2-3-23-38-46-41(45)37(27-52)50(38)26-35-32-24-25-53-28-36(32)40(44)39(35)33-21-13-14-22-34(33)42-47-49-51(48-42)43(29-15-7-4-8-16-29,30-17-9-5-10-18-30)31-19-11-6-12-20-31/h4-22,24-25,28,52H,2-3,23,26-27H2,1H3. The van der Waals surface area contributed by atoms with Gasteiger partial charge in [0.1, 0.15) is 5.82 Å². The lowest BCUT2D eigenvalue weighted by molar-refractivity contribution is 0.271. The lowest BCUT2D eigenvalue weighted by atomic mass is 9.77. The van der Waals surface area contributed by atoms with E-state index in [2.05, 4.69) is 74.9 Å². The number of tetrazole rings is 1. The number of nitrogens with zero attached hydrogens (tertiary/aromatic N) is 6. The number of benzene rings is 4. The fourth-order valence-electron chi connectivity index (χ4n) is 7.42. The highest BCUT2D eigenvalue weighted by Gasteiger charge is 2.41. The minimum absolute atomic E-state index is 0.224. The molecule has 0 atom stereocenters. The molecule has 1 aliphatic carbocycles. The summed E-state index contributed by atoms with van der Waals surface area (Å²) < 4.78 is 8.62. The summed E-state index contributed by atoms with van der Waals surface area (Å²) in [4.78, 5) is 6.42.